The van der Waals surface area contributed by atoms with Crippen LogP contribution >= 0.6 is 39.1 Å². The van der Waals surface area contributed by atoms with E-state index in [0.29, 0.717) is 40.0 Å². The van der Waals surface area contributed by atoms with Crippen LogP contribution in [0.2, 0.25) is 10.0 Å². The van der Waals surface area contributed by atoms with Gasteiger partial charge in [0.05, 0.1) is 27.7 Å². The van der Waals surface area contributed by atoms with Crippen LogP contribution in [0, 0.1) is 5.92 Å². The number of rotatable bonds is 5. The Bertz CT molecular complexity index is 1500. The van der Waals surface area contributed by atoms with Gasteiger partial charge in [0.15, 0.2) is 11.5 Å². The first kappa shape index (κ1) is 23.7. The lowest BCUT2D eigenvalue weighted by Crippen LogP contribution is -2.29. The molecule has 6 heteroatoms. The van der Waals surface area contributed by atoms with Gasteiger partial charge in [0.1, 0.15) is 6.61 Å². The van der Waals surface area contributed by atoms with E-state index in [9.17, 15) is 0 Å². The smallest absolute Gasteiger partial charge is 0.175 e. The molecule has 1 aliphatic carbocycles. The van der Waals surface area contributed by atoms with E-state index >= 15 is 0 Å². The molecule has 2 aliphatic rings. The number of allylic oxidation sites excluding steroid dienone is 2. The molecule has 3 atom stereocenters. The predicted molar refractivity (Wildman–Crippen MR) is 152 cm³/mol. The lowest BCUT2D eigenvalue weighted by molar-refractivity contribution is 0.282. The highest BCUT2D eigenvalue weighted by atomic mass is 79.9. The summed E-state index contributed by atoms with van der Waals surface area (Å²) in [6.07, 6.45) is 5.71. The topological polar surface area (TPSA) is 30.5 Å². The molecule has 0 fully saturated rings. The molecule has 1 aliphatic heterocycles. The molecular formula is C30H24BrCl2NO2. The van der Waals surface area contributed by atoms with E-state index in [4.69, 9.17) is 32.7 Å². The molecule has 3 nitrogen and oxygen atoms in total. The predicted octanol–water partition coefficient (Wildman–Crippen LogP) is 9.32. The van der Waals surface area contributed by atoms with E-state index in [2.05, 4.69) is 81.9 Å². The van der Waals surface area contributed by atoms with Gasteiger partial charge in [-0.3, -0.25) is 0 Å². The van der Waals surface area contributed by atoms with E-state index in [1.54, 1.807) is 13.2 Å². The third-order valence-corrected chi connectivity index (χ3v) is 8.57. The first-order valence-electron chi connectivity index (χ1n) is 11.9. The van der Waals surface area contributed by atoms with Crippen molar-refractivity contribution in [2.24, 2.45) is 5.92 Å². The first-order valence-corrected chi connectivity index (χ1v) is 13.5. The Morgan fingerprint density at radius 3 is 2.69 bits per heavy atom. The number of benzene rings is 4. The SMILES string of the molecule is COc1cc([C@@H]2Nc3c(ccc4ccccc34)[C@@H]3C=CC[C@@H]32)cc(Br)c1OCc1ccc(Cl)c(Cl)c1. The molecule has 6 rings (SSSR count). The fourth-order valence-electron chi connectivity index (χ4n) is 5.51. The molecule has 0 amide bonds. The van der Waals surface area contributed by atoms with Crippen molar-refractivity contribution in [1.29, 1.82) is 0 Å². The van der Waals surface area contributed by atoms with Crippen molar-refractivity contribution in [3.05, 3.63) is 110 Å². The lowest BCUT2D eigenvalue weighted by atomic mass is 9.76. The standard InChI is InChI=1S/C30H24BrCl2NO2/c1-35-27-15-19(14-24(31)30(27)36-16-17-9-12-25(32)26(33)13-17)28-22-8-4-7-21(22)23-11-10-18-5-2-3-6-20(18)29(23)34-28/h2-7,9-15,21-22,28,34H,8,16H2,1H3/t21-,22+,28+/m1/s1. The van der Waals surface area contributed by atoms with Crippen LogP contribution in [0.4, 0.5) is 5.69 Å². The molecule has 4 aromatic rings. The Kier molecular flexibility index (Phi) is 6.37. The normalized spacial score (nSPS) is 20.1. The van der Waals surface area contributed by atoms with Crippen molar-refractivity contribution >= 4 is 55.6 Å². The van der Waals surface area contributed by atoms with E-state index in [1.807, 2.05) is 12.1 Å². The largest absolute Gasteiger partial charge is 0.493 e. The van der Waals surface area contributed by atoms with Crippen molar-refractivity contribution in [2.45, 2.75) is 25.0 Å². The Morgan fingerprint density at radius 1 is 1.00 bits per heavy atom. The monoisotopic (exact) mass is 579 g/mol. The molecule has 0 unspecified atom stereocenters. The molecule has 4 aromatic carbocycles. The molecule has 0 spiro atoms. The van der Waals surface area contributed by atoms with Gasteiger partial charge in [-0.05, 0) is 74.6 Å². The van der Waals surface area contributed by atoms with E-state index in [1.165, 1.54) is 22.0 Å². The minimum atomic E-state index is 0.137. The van der Waals surface area contributed by atoms with Crippen molar-refractivity contribution < 1.29 is 9.47 Å². The third-order valence-electron chi connectivity index (χ3n) is 7.24. The van der Waals surface area contributed by atoms with Crippen LogP contribution < -0.4 is 14.8 Å². The number of ether oxygens (including phenoxy) is 2. The minimum absolute atomic E-state index is 0.137. The van der Waals surface area contributed by atoms with Gasteiger partial charge in [-0.2, -0.15) is 0 Å². The maximum atomic E-state index is 6.18. The summed E-state index contributed by atoms with van der Waals surface area (Å²) in [7, 11) is 1.68. The molecule has 0 radical (unpaired) electrons. The first-order chi connectivity index (χ1) is 17.5. The fourth-order valence-corrected chi connectivity index (χ4v) is 6.41. The maximum Gasteiger partial charge on any atom is 0.175 e. The molecule has 36 heavy (non-hydrogen) atoms. The molecule has 0 saturated carbocycles. The molecular weight excluding hydrogens is 557 g/mol. The van der Waals surface area contributed by atoms with E-state index in [-0.39, 0.29) is 6.04 Å². The van der Waals surface area contributed by atoms with Gasteiger partial charge in [-0.1, -0.05) is 77.8 Å². The molecule has 182 valence electrons. The number of methoxy groups -OCH3 is 1. The number of nitrogens with one attached hydrogen (secondary N) is 1. The molecule has 0 saturated heterocycles. The Hall–Kier alpha value is -2.66. The average molecular weight is 581 g/mol. The highest BCUT2D eigenvalue weighted by Gasteiger charge is 2.39. The summed E-state index contributed by atoms with van der Waals surface area (Å²) in [6.45, 7) is 0.348. The Morgan fingerprint density at radius 2 is 1.86 bits per heavy atom. The summed E-state index contributed by atoms with van der Waals surface area (Å²) in [5.41, 5.74) is 4.69. The second-order valence-electron chi connectivity index (χ2n) is 9.30. The van der Waals surface area contributed by atoms with Crippen molar-refractivity contribution in [2.75, 3.05) is 12.4 Å². The summed E-state index contributed by atoms with van der Waals surface area (Å²) in [6, 6.07) is 23.0. The zero-order valence-corrected chi connectivity index (χ0v) is 22.7. The summed E-state index contributed by atoms with van der Waals surface area (Å²) in [5.74, 6) is 2.16. The zero-order valence-electron chi connectivity index (χ0n) is 19.6. The molecule has 0 aromatic heterocycles. The summed E-state index contributed by atoms with van der Waals surface area (Å²) in [5, 5.41) is 7.44. The van der Waals surface area contributed by atoms with Crippen LogP contribution in [0.1, 0.15) is 35.1 Å². The Balaban J connectivity index is 1.35. The van der Waals surface area contributed by atoms with Gasteiger partial charge in [0.25, 0.3) is 0 Å². The highest BCUT2D eigenvalue weighted by Crippen LogP contribution is 2.52. The van der Waals surface area contributed by atoms with Crippen LogP contribution in [0.3, 0.4) is 0 Å². The minimum Gasteiger partial charge on any atom is -0.493 e. The van der Waals surface area contributed by atoms with Crippen LogP contribution in [-0.4, -0.2) is 7.11 Å². The Labute approximate surface area is 229 Å². The summed E-state index contributed by atoms with van der Waals surface area (Å²) < 4.78 is 12.8. The van der Waals surface area contributed by atoms with Gasteiger partial charge in [-0.15, -0.1) is 0 Å². The molecule has 1 heterocycles. The second-order valence-corrected chi connectivity index (χ2v) is 11.0. The maximum absolute atomic E-state index is 6.18. The highest BCUT2D eigenvalue weighted by molar-refractivity contribution is 9.10. The zero-order chi connectivity index (χ0) is 24.8. The quantitative estimate of drug-likeness (QED) is 0.238. The number of fused-ring (bicyclic) bond motifs is 5. The van der Waals surface area contributed by atoms with Gasteiger partial charge >= 0.3 is 0 Å². The summed E-state index contributed by atoms with van der Waals surface area (Å²) in [4.78, 5) is 0. The van der Waals surface area contributed by atoms with E-state index < -0.39 is 0 Å². The third kappa shape index (κ3) is 4.15. The van der Waals surface area contributed by atoms with Crippen LogP contribution in [0.25, 0.3) is 10.8 Å². The molecule has 0 bridgehead atoms. The molecule has 1 N–H and O–H groups in total. The van der Waals surface area contributed by atoms with Gasteiger partial charge in [-0.25, -0.2) is 0 Å². The number of hydrogen-bond donors (Lipinski definition) is 1. The number of anilines is 1. The average Bonchev–Trinajstić information content (AvgIpc) is 3.39. The van der Waals surface area contributed by atoms with Gasteiger partial charge in [0, 0.05) is 17.0 Å². The van der Waals surface area contributed by atoms with Crippen molar-refractivity contribution in [3.8, 4) is 11.5 Å². The summed E-state index contributed by atoms with van der Waals surface area (Å²) >= 11 is 16.0. The van der Waals surface area contributed by atoms with E-state index in [0.717, 1.165) is 22.0 Å². The number of hydrogen-bond acceptors (Lipinski definition) is 3. The fraction of sp³-hybridized carbons (Fsp3) is 0.200. The number of halogens is 3. The van der Waals surface area contributed by atoms with Crippen molar-refractivity contribution in [1.82, 2.24) is 0 Å². The second kappa shape index (κ2) is 9.66. The van der Waals surface area contributed by atoms with Gasteiger partial charge < -0.3 is 14.8 Å². The van der Waals surface area contributed by atoms with Crippen LogP contribution in [0.5, 0.6) is 11.5 Å². The van der Waals surface area contributed by atoms with Gasteiger partial charge in [0.2, 0.25) is 0 Å². The lowest BCUT2D eigenvalue weighted by Gasteiger charge is -2.38. The van der Waals surface area contributed by atoms with Crippen LogP contribution in [-0.2, 0) is 6.61 Å². The van der Waals surface area contributed by atoms with Crippen molar-refractivity contribution in [3.63, 3.8) is 0 Å². The van der Waals surface area contributed by atoms with Crippen LogP contribution in [0.15, 0.2) is 83.4 Å².